The van der Waals surface area contributed by atoms with E-state index in [1.54, 1.807) is 0 Å². The van der Waals surface area contributed by atoms with Crippen molar-refractivity contribution >= 4 is 46.2 Å². The predicted octanol–water partition coefficient (Wildman–Crippen LogP) is 4.32. The van der Waals surface area contributed by atoms with Crippen molar-refractivity contribution in [2.24, 2.45) is 0 Å². The number of halogens is 4. The number of rotatable bonds is 8. The smallest absolute Gasteiger partial charge is 0.257 e. The second kappa shape index (κ2) is 11.6. The molecular formula is C26H25Cl2F2N3O4. The number of nitrogens with zero attached hydrogens (tertiary/aromatic N) is 2. The van der Waals surface area contributed by atoms with Crippen LogP contribution in [0, 0.1) is 11.6 Å². The Balaban J connectivity index is 1.32. The minimum absolute atomic E-state index is 0.00587. The van der Waals surface area contributed by atoms with Crippen LogP contribution in [0.4, 0.5) is 8.78 Å². The number of ether oxygens (including phenoxy) is 1. The van der Waals surface area contributed by atoms with Gasteiger partial charge in [-0.25, -0.2) is 8.78 Å². The molecule has 37 heavy (non-hydrogen) atoms. The molecule has 0 bridgehead atoms. The maximum atomic E-state index is 14.0. The van der Waals surface area contributed by atoms with Gasteiger partial charge in [-0.3, -0.25) is 9.59 Å². The van der Waals surface area contributed by atoms with Crippen LogP contribution in [-0.2, 0) is 0 Å². The molecule has 1 fully saturated rings. The normalized spacial score (nSPS) is 15.5. The third-order valence-electron chi connectivity index (χ3n) is 6.24. The summed E-state index contributed by atoms with van der Waals surface area (Å²) < 4.78 is 34.4. The van der Waals surface area contributed by atoms with Crippen LogP contribution in [0.15, 0.2) is 47.9 Å². The first-order valence-electron chi connectivity index (χ1n) is 11.6. The van der Waals surface area contributed by atoms with Crippen LogP contribution in [0.2, 0.25) is 10.0 Å². The van der Waals surface area contributed by atoms with Gasteiger partial charge in [0.15, 0.2) is 0 Å². The Morgan fingerprint density at radius 3 is 2.57 bits per heavy atom. The molecule has 3 aromatic rings. The quantitative estimate of drug-likeness (QED) is 0.435. The number of carbonyl (C=O) groups is 1. The lowest BCUT2D eigenvalue weighted by Gasteiger charge is -2.33. The molecule has 0 spiro atoms. The minimum atomic E-state index is -0.797. The summed E-state index contributed by atoms with van der Waals surface area (Å²) in [6, 6.07) is 6.23. The van der Waals surface area contributed by atoms with E-state index in [1.165, 1.54) is 35.2 Å². The van der Waals surface area contributed by atoms with Gasteiger partial charge in [-0.05, 0) is 37.1 Å². The van der Waals surface area contributed by atoms with E-state index in [2.05, 4.69) is 11.9 Å². The molecule has 7 nitrogen and oxygen atoms in total. The van der Waals surface area contributed by atoms with E-state index in [0.29, 0.717) is 38.0 Å². The van der Waals surface area contributed by atoms with Gasteiger partial charge in [-0.2, -0.15) is 0 Å². The van der Waals surface area contributed by atoms with Crippen LogP contribution in [-0.4, -0.2) is 58.9 Å². The van der Waals surface area contributed by atoms with Gasteiger partial charge in [0, 0.05) is 49.5 Å². The molecule has 0 radical (unpaired) electrons. The zero-order valence-electron chi connectivity index (χ0n) is 19.7. The van der Waals surface area contributed by atoms with Crippen LogP contribution < -0.4 is 15.5 Å². The number of hydrogen-bond acceptors (Lipinski definition) is 5. The van der Waals surface area contributed by atoms with Crippen molar-refractivity contribution in [1.82, 2.24) is 14.8 Å². The van der Waals surface area contributed by atoms with Gasteiger partial charge in [0.2, 0.25) is 5.43 Å². The number of aliphatic hydroxyl groups excluding tert-OH is 1. The van der Waals surface area contributed by atoms with Gasteiger partial charge in [0.25, 0.3) is 5.91 Å². The summed E-state index contributed by atoms with van der Waals surface area (Å²) in [7, 11) is 0. The fraction of sp³-hybridized carbons (Fsp3) is 0.308. The van der Waals surface area contributed by atoms with Crippen LogP contribution in [0.5, 0.6) is 5.75 Å². The average Bonchev–Trinajstić information content (AvgIpc) is 2.87. The van der Waals surface area contributed by atoms with Crippen molar-refractivity contribution < 1.29 is 23.4 Å². The number of likely N-dealkylation sites (tertiary alicyclic amines) is 1. The van der Waals surface area contributed by atoms with Gasteiger partial charge < -0.3 is 24.6 Å². The van der Waals surface area contributed by atoms with Crippen LogP contribution in [0.3, 0.4) is 0 Å². The highest BCUT2D eigenvalue weighted by molar-refractivity contribution is 6.31. The number of carbonyl (C=O) groups excluding carboxylic acids is 1. The van der Waals surface area contributed by atoms with E-state index in [9.17, 15) is 23.5 Å². The maximum Gasteiger partial charge on any atom is 0.257 e. The molecule has 2 heterocycles. The van der Waals surface area contributed by atoms with Crippen LogP contribution in [0.1, 0.15) is 23.2 Å². The zero-order valence-corrected chi connectivity index (χ0v) is 21.2. The van der Waals surface area contributed by atoms with Crippen molar-refractivity contribution in [2.75, 3.05) is 26.2 Å². The van der Waals surface area contributed by atoms with E-state index in [1.807, 2.05) is 4.90 Å². The van der Waals surface area contributed by atoms with E-state index >= 15 is 0 Å². The first-order chi connectivity index (χ1) is 17.7. The largest absolute Gasteiger partial charge is 0.491 e. The first-order valence-corrected chi connectivity index (χ1v) is 12.4. The molecular weight excluding hydrogens is 527 g/mol. The monoisotopic (exact) mass is 551 g/mol. The lowest BCUT2D eigenvalue weighted by molar-refractivity contribution is 0.0567. The fourth-order valence-corrected chi connectivity index (χ4v) is 4.57. The number of benzene rings is 2. The van der Waals surface area contributed by atoms with Gasteiger partial charge in [0.05, 0.1) is 15.6 Å². The van der Waals surface area contributed by atoms with Gasteiger partial charge in [-0.1, -0.05) is 29.8 Å². The molecule has 1 aromatic heterocycles. The Kier molecular flexibility index (Phi) is 8.49. The minimum Gasteiger partial charge on any atom is -0.491 e. The van der Waals surface area contributed by atoms with E-state index in [4.69, 9.17) is 27.9 Å². The third kappa shape index (κ3) is 6.30. The van der Waals surface area contributed by atoms with E-state index < -0.39 is 29.1 Å². The SMILES string of the molecule is C=Cn1cc(C(=O)NC2CCN(C[C@H](O)COc3ccc(Cl)c(F)c3)CC2)c(=O)c2cc(F)c(Cl)cc21. The molecule has 0 saturated carbocycles. The molecule has 1 amide bonds. The zero-order chi connectivity index (χ0) is 26.7. The molecule has 1 aliphatic heterocycles. The molecule has 1 atom stereocenters. The van der Waals surface area contributed by atoms with Gasteiger partial charge in [-0.15, -0.1) is 0 Å². The summed E-state index contributed by atoms with van der Waals surface area (Å²) in [6.07, 6.45) is 3.18. The average molecular weight is 552 g/mol. The highest BCUT2D eigenvalue weighted by atomic mass is 35.5. The predicted molar refractivity (Wildman–Crippen MR) is 139 cm³/mol. The molecule has 2 aromatic carbocycles. The molecule has 1 aliphatic rings. The van der Waals surface area contributed by atoms with E-state index in [0.717, 1.165) is 12.1 Å². The van der Waals surface area contributed by atoms with Crippen LogP contribution >= 0.6 is 23.2 Å². The first kappa shape index (κ1) is 27.1. The lowest BCUT2D eigenvalue weighted by Crippen LogP contribution is -2.47. The summed E-state index contributed by atoms with van der Waals surface area (Å²) in [4.78, 5) is 27.9. The molecule has 0 aliphatic carbocycles. The number of aromatic nitrogens is 1. The molecule has 0 unspecified atom stereocenters. The summed E-state index contributed by atoms with van der Waals surface area (Å²) in [5.41, 5.74) is -0.370. The van der Waals surface area contributed by atoms with Crippen molar-refractivity contribution in [2.45, 2.75) is 25.0 Å². The standard InChI is InChI=1S/C26H25Cl2F2N3O4/c1-2-33-13-19(25(35)18-10-23(30)21(28)11-24(18)33)26(36)31-15-5-7-32(8-6-15)12-16(34)14-37-17-3-4-20(27)22(29)9-17/h2-4,9-11,13,15-16,34H,1,5-8,12,14H2,(H,31,36)/t16-/m0/s1. The number of aliphatic hydroxyl groups is 1. The lowest BCUT2D eigenvalue weighted by atomic mass is 10.0. The molecule has 1 saturated heterocycles. The Morgan fingerprint density at radius 2 is 1.89 bits per heavy atom. The number of β-amino-alcohol motifs (C(OH)–C–C–N with tert-alkyl or cyclic N) is 1. The Hall–Kier alpha value is -2.98. The highest BCUT2D eigenvalue weighted by Crippen LogP contribution is 2.23. The van der Waals surface area contributed by atoms with Crippen LogP contribution in [0.25, 0.3) is 17.1 Å². The molecule has 2 N–H and O–H groups in total. The Labute approximate surface area is 221 Å². The van der Waals surface area contributed by atoms with Crippen molar-refractivity contribution in [1.29, 1.82) is 0 Å². The third-order valence-corrected chi connectivity index (χ3v) is 6.84. The number of pyridine rings is 1. The summed E-state index contributed by atoms with van der Waals surface area (Å²) >= 11 is 11.5. The second-order valence-electron chi connectivity index (χ2n) is 8.83. The molecule has 196 valence electrons. The van der Waals surface area contributed by atoms with Gasteiger partial charge >= 0.3 is 0 Å². The van der Waals surface area contributed by atoms with Crippen molar-refractivity contribution in [3.63, 3.8) is 0 Å². The van der Waals surface area contributed by atoms with Crippen molar-refractivity contribution in [3.8, 4) is 5.75 Å². The number of amides is 1. The number of fused-ring (bicyclic) bond motifs is 1. The maximum absolute atomic E-state index is 14.0. The number of hydrogen-bond donors (Lipinski definition) is 2. The number of piperidine rings is 1. The van der Waals surface area contributed by atoms with E-state index in [-0.39, 0.29) is 39.4 Å². The number of nitrogens with one attached hydrogen (secondary N) is 1. The fourth-order valence-electron chi connectivity index (χ4n) is 4.29. The van der Waals surface area contributed by atoms with Gasteiger partial charge in [0.1, 0.15) is 35.7 Å². The summed E-state index contributed by atoms with van der Waals surface area (Å²) in [5.74, 6) is -1.63. The Bertz CT molecular complexity index is 1390. The topological polar surface area (TPSA) is 83.8 Å². The molecule has 11 heteroatoms. The molecule has 4 rings (SSSR count). The summed E-state index contributed by atoms with van der Waals surface area (Å²) in [6.45, 7) is 5.23. The highest BCUT2D eigenvalue weighted by Gasteiger charge is 2.24. The summed E-state index contributed by atoms with van der Waals surface area (Å²) in [5, 5.41) is 13.1. The Morgan fingerprint density at radius 1 is 1.19 bits per heavy atom. The second-order valence-corrected chi connectivity index (χ2v) is 9.65. The van der Waals surface area contributed by atoms with Crippen molar-refractivity contribution in [3.05, 3.63) is 80.6 Å².